The topological polar surface area (TPSA) is 109 Å². The van der Waals surface area contributed by atoms with Crippen LogP contribution in [-0.4, -0.2) is 36.6 Å². The van der Waals surface area contributed by atoms with Crippen LogP contribution >= 0.6 is 15.9 Å². The van der Waals surface area contributed by atoms with Crippen molar-refractivity contribution in [1.29, 1.82) is 0 Å². The number of anilines is 1. The van der Waals surface area contributed by atoms with Gasteiger partial charge in [0.15, 0.2) is 6.61 Å². The lowest BCUT2D eigenvalue weighted by atomic mass is 10.2. The van der Waals surface area contributed by atoms with Gasteiger partial charge in [-0.3, -0.25) is 14.4 Å². The molecule has 0 unspecified atom stereocenters. The predicted octanol–water partition coefficient (Wildman–Crippen LogP) is 2.44. The average Bonchev–Trinajstić information content (AvgIpc) is 2.68. The van der Waals surface area contributed by atoms with Gasteiger partial charge in [0.25, 0.3) is 5.91 Å². The first-order valence-corrected chi connectivity index (χ1v) is 9.55. The Bertz CT molecular complexity index is 898. The second kappa shape index (κ2) is 11.0. The molecule has 2 aromatic rings. The lowest BCUT2D eigenvalue weighted by molar-refractivity contribution is -0.139. The van der Waals surface area contributed by atoms with Gasteiger partial charge in [-0.25, -0.2) is 5.43 Å². The number of nitrogens with one attached hydrogen (secondary N) is 3. The van der Waals surface area contributed by atoms with Crippen molar-refractivity contribution in [2.75, 3.05) is 11.9 Å². The van der Waals surface area contributed by atoms with E-state index in [2.05, 4.69) is 37.1 Å². The van der Waals surface area contributed by atoms with Gasteiger partial charge >= 0.3 is 11.8 Å². The number of carbonyl (C=O) groups excluding carboxylic acids is 3. The monoisotopic (exact) mass is 460 g/mol. The number of rotatable bonds is 7. The Hall–Kier alpha value is -3.20. The Morgan fingerprint density at radius 2 is 1.83 bits per heavy atom. The van der Waals surface area contributed by atoms with Crippen molar-refractivity contribution >= 4 is 45.6 Å². The number of benzene rings is 2. The third kappa shape index (κ3) is 8.14. The van der Waals surface area contributed by atoms with Gasteiger partial charge in [-0.2, -0.15) is 5.10 Å². The molecule has 3 amide bonds. The molecule has 9 heteroatoms. The molecule has 0 spiro atoms. The fraction of sp³-hybridized carbons (Fsp3) is 0.200. The van der Waals surface area contributed by atoms with E-state index in [0.717, 1.165) is 4.47 Å². The second-order valence-corrected chi connectivity index (χ2v) is 7.16. The molecular weight excluding hydrogens is 440 g/mol. The van der Waals surface area contributed by atoms with E-state index in [9.17, 15) is 14.4 Å². The van der Waals surface area contributed by atoms with Crippen LogP contribution in [0.25, 0.3) is 0 Å². The molecule has 0 aliphatic heterocycles. The molecular formula is C20H21BrN4O4. The summed E-state index contributed by atoms with van der Waals surface area (Å²) in [5.74, 6) is -1.45. The van der Waals surface area contributed by atoms with E-state index < -0.39 is 11.8 Å². The molecule has 0 fully saturated rings. The molecule has 0 atom stereocenters. The summed E-state index contributed by atoms with van der Waals surface area (Å²) in [4.78, 5) is 35.0. The summed E-state index contributed by atoms with van der Waals surface area (Å²) in [6.45, 7) is 3.33. The van der Waals surface area contributed by atoms with Gasteiger partial charge in [0, 0.05) is 16.2 Å². The first kappa shape index (κ1) is 22.1. The van der Waals surface area contributed by atoms with Gasteiger partial charge < -0.3 is 15.4 Å². The molecule has 152 valence electrons. The number of halogens is 1. The fourth-order valence-electron chi connectivity index (χ4n) is 2.11. The molecule has 0 heterocycles. The number of nitrogens with zero attached hydrogens (tertiary/aromatic N) is 1. The van der Waals surface area contributed by atoms with Gasteiger partial charge in [-0.15, -0.1) is 0 Å². The minimum atomic E-state index is -0.855. The first-order valence-electron chi connectivity index (χ1n) is 8.75. The van der Waals surface area contributed by atoms with Gasteiger partial charge in [0.2, 0.25) is 0 Å². The molecule has 0 saturated carbocycles. The van der Waals surface area contributed by atoms with Crippen LogP contribution in [0.15, 0.2) is 58.1 Å². The van der Waals surface area contributed by atoms with Crippen LogP contribution in [0.1, 0.15) is 19.4 Å². The number of carbonyl (C=O) groups is 3. The zero-order valence-electron chi connectivity index (χ0n) is 15.9. The number of ether oxygens (including phenoxy) is 1. The summed E-state index contributed by atoms with van der Waals surface area (Å²) in [5.41, 5.74) is 3.44. The number of amides is 3. The van der Waals surface area contributed by atoms with Crippen LogP contribution in [0.5, 0.6) is 5.75 Å². The van der Waals surface area contributed by atoms with Crippen LogP contribution in [0.2, 0.25) is 0 Å². The maximum atomic E-state index is 12.0. The highest BCUT2D eigenvalue weighted by Gasteiger charge is 2.12. The van der Waals surface area contributed by atoms with Gasteiger partial charge in [-0.05, 0) is 55.8 Å². The van der Waals surface area contributed by atoms with E-state index in [0.29, 0.717) is 17.0 Å². The summed E-state index contributed by atoms with van der Waals surface area (Å²) in [6, 6.07) is 13.8. The quantitative estimate of drug-likeness (QED) is 0.334. The first-order chi connectivity index (χ1) is 13.8. The Morgan fingerprint density at radius 1 is 1.10 bits per heavy atom. The van der Waals surface area contributed by atoms with Crippen molar-refractivity contribution in [2.24, 2.45) is 5.10 Å². The molecule has 3 N–H and O–H groups in total. The molecule has 2 rings (SSSR count). The molecule has 0 bridgehead atoms. The summed E-state index contributed by atoms with van der Waals surface area (Å²) < 4.78 is 6.40. The fourth-order valence-corrected chi connectivity index (χ4v) is 2.37. The van der Waals surface area contributed by atoms with Crippen molar-refractivity contribution in [2.45, 2.75) is 19.9 Å². The molecule has 29 heavy (non-hydrogen) atoms. The normalized spacial score (nSPS) is 10.6. The molecule has 0 saturated heterocycles. The Kier molecular flexibility index (Phi) is 8.35. The van der Waals surface area contributed by atoms with Crippen LogP contribution in [0.4, 0.5) is 5.69 Å². The molecule has 0 aliphatic rings. The van der Waals surface area contributed by atoms with Crippen molar-refractivity contribution in [3.8, 4) is 5.75 Å². The van der Waals surface area contributed by atoms with Crippen LogP contribution in [-0.2, 0) is 14.4 Å². The molecule has 8 nitrogen and oxygen atoms in total. The van der Waals surface area contributed by atoms with Crippen molar-refractivity contribution in [3.05, 3.63) is 58.6 Å². The number of hydrogen-bond donors (Lipinski definition) is 3. The number of hydrogen-bond acceptors (Lipinski definition) is 5. The minimum absolute atomic E-state index is 0.146. The second-order valence-electron chi connectivity index (χ2n) is 6.24. The van der Waals surface area contributed by atoms with E-state index >= 15 is 0 Å². The largest absolute Gasteiger partial charge is 0.484 e. The number of hydrazone groups is 1. The highest BCUT2D eigenvalue weighted by Crippen LogP contribution is 2.15. The third-order valence-electron chi connectivity index (χ3n) is 3.36. The Balaban J connectivity index is 1.84. The average molecular weight is 461 g/mol. The predicted molar refractivity (Wildman–Crippen MR) is 114 cm³/mol. The Labute approximate surface area is 176 Å². The van der Waals surface area contributed by atoms with Crippen molar-refractivity contribution in [1.82, 2.24) is 10.7 Å². The highest BCUT2D eigenvalue weighted by molar-refractivity contribution is 9.10. The van der Waals surface area contributed by atoms with Crippen molar-refractivity contribution < 1.29 is 19.1 Å². The third-order valence-corrected chi connectivity index (χ3v) is 3.89. The van der Waals surface area contributed by atoms with E-state index in [1.54, 1.807) is 50.2 Å². The summed E-state index contributed by atoms with van der Waals surface area (Å²) >= 11 is 3.33. The van der Waals surface area contributed by atoms with Gasteiger partial charge in [0.05, 0.1) is 6.21 Å². The highest BCUT2D eigenvalue weighted by atomic mass is 79.9. The van der Waals surface area contributed by atoms with E-state index in [1.165, 1.54) is 6.21 Å². The smallest absolute Gasteiger partial charge is 0.329 e. The zero-order chi connectivity index (χ0) is 21.2. The van der Waals surface area contributed by atoms with Crippen molar-refractivity contribution in [3.63, 3.8) is 0 Å². The SMILES string of the molecule is CC(C)NC(=O)C(=O)N/N=C\c1cccc(OCC(=O)Nc2ccc(Br)cc2)c1. The van der Waals surface area contributed by atoms with E-state index in [4.69, 9.17) is 4.74 Å². The van der Waals surface area contributed by atoms with E-state index in [-0.39, 0.29) is 18.6 Å². The van der Waals surface area contributed by atoms with Gasteiger partial charge in [0.1, 0.15) is 5.75 Å². The maximum Gasteiger partial charge on any atom is 0.329 e. The maximum absolute atomic E-state index is 12.0. The lowest BCUT2D eigenvalue weighted by Crippen LogP contribution is -2.41. The van der Waals surface area contributed by atoms with Crippen LogP contribution in [0.3, 0.4) is 0 Å². The summed E-state index contributed by atoms with van der Waals surface area (Å²) in [5, 5.41) is 8.94. The molecule has 0 radical (unpaired) electrons. The van der Waals surface area contributed by atoms with Crippen LogP contribution < -0.4 is 20.8 Å². The summed E-state index contributed by atoms with van der Waals surface area (Å²) in [7, 11) is 0. The minimum Gasteiger partial charge on any atom is -0.484 e. The zero-order valence-corrected chi connectivity index (χ0v) is 17.5. The van der Waals surface area contributed by atoms with Gasteiger partial charge in [-0.1, -0.05) is 28.1 Å². The van der Waals surface area contributed by atoms with E-state index in [1.807, 2.05) is 12.1 Å². The Morgan fingerprint density at radius 3 is 2.52 bits per heavy atom. The summed E-state index contributed by atoms with van der Waals surface area (Å²) in [6.07, 6.45) is 1.37. The molecule has 0 aliphatic carbocycles. The molecule has 2 aromatic carbocycles. The van der Waals surface area contributed by atoms with Crippen LogP contribution in [0, 0.1) is 0 Å². The lowest BCUT2D eigenvalue weighted by Gasteiger charge is -2.08. The standard InChI is InChI=1S/C20H21BrN4O4/c1-13(2)23-19(27)20(28)25-22-11-14-4-3-5-17(10-14)29-12-18(26)24-16-8-6-15(21)7-9-16/h3-11,13H,12H2,1-2H3,(H,23,27)(H,24,26)(H,25,28)/b22-11-. The molecule has 0 aromatic heterocycles.